The number of piperidine rings is 2. The first-order chi connectivity index (χ1) is 21.5. The van der Waals surface area contributed by atoms with Gasteiger partial charge in [0, 0.05) is 40.1 Å². The molecule has 4 heterocycles. The Morgan fingerprint density at radius 2 is 1.93 bits per heavy atom. The van der Waals surface area contributed by atoms with Gasteiger partial charge in [0.2, 0.25) is 15.9 Å². The number of hydrogen-bond acceptors (Lipinski definition) is 9. The summed E-state index contributed by atoms with van der Waals surface area (Å²) in [5, 5.41) is 3.88. The smallest absolute Gasteiger partial charge is 0.257 e. The Morgan fingerprint density at radius 1 is 1.16 bits per heavy atom. The molecule has 45 heavy (non-hydrogen) atoms. The van der Waals surface area contributed by atoms with Gasteiger partial charge >= 0.3 is 0 Å². The number of thioether (sulfide) groups is 1. The lowest BCUT2D eigenvalue weighted by atomic mass is 9.70. The van der Waals surface area contributed by atoms with Gasteiger partial charge in [0.1, 0.15) is 5.82 Å². The van der Waals surface area contributed by atoms with Crippen LogP contribution in [0.3, 0.4) is 0 Å². The standard InChI is InChI=1S/C32H50ClN5O5S2/c1-19-15-24(30-29(34-19)26(18-44-30)31(39)36-45(3,41)42)23-16-21(33)7-10-28(23)43-14-13-38-20(2)35-27-9-8-22(17-25(27)32(38)40)37-11-5-4-6-12-37/h19,21-24,26,28-30,34H,4-18H2,1-3H3,(H,36,39)/t19?,21?,22-,23?,24?,26?,28?,29?,30?/m1/s1. The van der Waals surface area contributed by atoms with Gasteiger partial charge in [0.15, 0.2) is 0 Å². The monoisotopic (exact) mass is 683 g/mol. The number of likely N-dealkylation sites (tertiary alicyclic amines) is 1. The van der Waals surface area contributed by atoms with Crippen LogP contribution in [0, 0.1) is 24.7 Å². The summed E-state index contributed by atoms with van der Waals surface area (Å²) in [7, 11) is -3.62. The van der Waals surface area contributed by atoms with Crippen molar-refractivity contribution in [2.24, 2.45) is 17.8 Å². The van der Waals surface area contributed by atoms with Crippen LogP contribution in [-0.4, -0.2) is 95.3 Å². The van der Waals surface area contributed by atoms with Crippen LogP contribution in [0.4, 0.5) is 0 Å². The quantitative estimate of drug-likeness (QED) is 0.399. The summed E-state index contributed by atoms with van der Waals surface area (Å²) in [6.45, 7) is 7.26. The van der Waals surface area contributed by atoms with Crippen LogP contribution in [0.5, 0.6) is 0 Å². The third-order valence-corrected chi connectivity index (χ3v) is 13.5. The summed E-state index contributed by atoms with van der Waals surface area (Å²) in [6.07, 6.45) is 11.2. The van der Waals surface area contributed by atoms with E-state index in [1.807, 2.05) is 11.5 Å². The van der Waals surface area contributed by atoms with Crippen LogP contribution in [-0.2, 0) is 38.9 Å². The average molecular weight is 684 g/mol. The van der Waals surface area contributed by atoms with E-state index in [4.69, 9.17) is 21.3 Å². The molecular formula is C32H50ClN5O5S2. The van der Waals surface area contributed by atoms with Gasteiger partial charge < -0.3 is 15.0 Å². The van der Waals surface area contributed by atoms with Gasteiger partial charge in [0.25, 0.3) is 5.56 Å². The van der Waals surface area contributed by atoms with Crippen LogP contribution in [0.1, 0.15) is 75.4 Å². The fourth-order valence-corrected chi connectivity index (χ4v) is 11.5. The molecule has 2 N–H and O–H groups in total. The minimum atomic E-state index is -3.62. The summed E-state index contributed by atoms with van der Waals surface area (Å²) in [6, 6.07) is 0.530. The molecule has 3 aliphatic heterocycles. The molecule has 0 aromatic carbocycles. The van der Waals surface area contributed by atoms with E-state index in [2.05, 4.69) is 21.9 Å². The second kappa shape index (κ2) is 14.1. The molecule has 9 atom stereocenters. The Balaban J connectivity index is 1.13. The lowest BCUT2D eigenvalue weighted by Crippen LogP contribution is -2.58. The average Bonchev–Trinajstić information content (AvgIpc) is 3.42. The predicted octanol–water partition coefficient (Wildman–Crippen LogP) is 2.86. The number of rotatable bonds is 8. The van der Waals surface area contributed by atoms with Gasteiger partial charge in [-0.2, -0.15) is 11.8 Å². The maximum Gasteiger partial charge on any atom is 0.257 e. The highest BCUT2D eigenvalue weighted by Gasteiger charge is 2.52. The summed E-state index contributed by atoms with van der Waals surface area (Å²) in [4.78, 5) is 34.2. The summed E-state index contributed by atoms with van der Waals surface area (Å²) in [5.41, 5.74) is 1.97. The van der Waals surface area contributed by atoms with Crippen LogP contribution in [0.2, 0.25) is 0 Å². The second-order valence-electron chi connectivity index (χ2n) is 14.2. The third-order valence-electron chi connectivity index (χ3n) is 11.0. The van der Waals surface area contributed by atoms with Crippen LogP contribution >= 0.6 is 23.4 Å². The van der Waals surface area contributed by atoms with Gasteiger partial charge in [-0.3, -0.25) is 18.9 Å². The number of nitrogens with zero attached hydrogens (tertiary/aromatic N) is 3. The molecular weight excluding hydrogens is 634 g/mol. The van der Waals surface area contributed by atoms with Crippen molar-refractivity contribution in [3.05, 3.63) is 27.4 Å². The number of hydrogen-bond donors (Lipinski definition) is 2. The molecule has 8 unspecified atom stereocenters. The van der Waals surface area contributed by atoms with E-state index in [1.54, 1.807) is 11.8 Å². The van der Waals surface area contributed by atoms with Crippen molar-refractivity contribution < 1.29 is 17.9 Å². The highest BCUT2D eigenvalue weighted by atomic mass is 35.5. The van der Waals surface area contributed by atoms with Crippen LogP contribution in [0.25, 0.3) is 0 Å². The number of carbonyl (C=O) groups is 1. The number of aryl methyl sites for hydroxylation is 2. The zero-order valence-corrected chi connectivity index (χ0v) is 29.3. The number of alkyl halides is 1. The van der Waals surface area contributed by atoms with Crippen LogP contribution < -0.4 is 15.6 Å². The number of nitrogens with one attached hydrogen (secondary N) is 2. The van der Waals surface area contributed by atoms with Gasteiger partial charge in [0.05, 0.1) is 37.1 Å². The molecule has 6 rings (SSSR count). The Morgan fingerprint density at radius 3 is 2.69 bits per heavy atom. The number of fused-ring (bicyclic) bond motifs is 2. The maximum absolute atomic E-state index is 13.8. The van der Waals surface area contributed by atoms with Crippen molar-refractivity contribution in [3.8, 4) is 0 Å². The summed E-state index contributed by atoms with van der Waals surface area (Å²) >= 11 is 8.54. The number of aromatic nitrogens is 2. The van der Waals surface area contributed by atoms with E-state index >= 15 is 0 Å². The first-order valence-corrected chi connectivity index (χ1v) is 20.3. The zero-order chi connectivity index (χ0) is 31.9. The maximum atomic E-state index is 13.8. The van der Waals surface area contributed by atoms with Crippen molar-refractivity contribution in [3.63, 3.8) is 0 Å². The number of sulfonamides is 1. The van der Waals surface area contributed by atoms with E-state index in [-0.39, 0.29) is 40.3 Å². The molecule has 4 fully saturated rings. The first kappa shape index (κ1) is 33.7. The van der Waals surface area contributed by atoms with Gasteiger partial charge in [-0.15, -0.1) is 11.6 Å². The third kappa shape index (κ3) is 7.61. The minimum absolute atomic E-state index is 0.0190. The molecule has 1 aromatic rings. The Bertz CT molecular complexity index is 1400. The largest absolute Gasteiger partial charge is 0.376 e. The highest BCUT2D eigenvalue weighted by molar-refractivity contribution is 8.00. The molecule has 1 amide bonds. The molecule has 0 spiro atoms. The number of carbonyl (C=O) groups excluding carboxylic acids is 1. The SMILES string of the molecule is Cc1nc2c(c(=O)n1CCOC1CCC(Cl)CC1C1CC(C)NC3C(C(=O)NS(C)(=O)=O)CSC13)C[C@H](N1CCCCC1)CC2. The molecule has 10 nitrogen and oxygen atoms in total. The molecule has 0 radical (unpaired) electrons. The molecule has 2 aliphatic carbocycles. The van der Waals surface area contributed by atoms with E-state index in [1.165, 1.54) is 19.3 Å². The fourth-order valence-electron chi connectivity index (χ4n) is 8.85. The van der Waals surface area contributed by atoms with Crippen molar-refractivity contribution >= 4 is 39.3 Å². The summed E-state index contributed by atoms with van der Waals surface area (Å²) in [5.74, 6) is 1.03. The second-order valence-corrected chi connectivity index (χ2v) is 17.7. The van der Waals surface area contributed by atoms with E-state index < -0.39 is 21.8 Å². The van der Waals surface area contributed by atoms with Crippen molar-refractivity contribution in [2.45, 2.75) is 119 Å². The van der Waals surface area contributed by atoms with E-state index in [0.29, 0.717) is 30.9 Å². The molecule has 1 aromatic heterocycles. The van der Waals surface area contributed by atoms with Crippen molar-refractivity contribution in [2.75, 3.05) is 31.7 Å². The molecule has 3 saturated heterocycles. The van der Waals surface area contributed by atoms with Gasteiger partial charge in [-0.25, -0.2) is 13.4 Å². The number of ether oxygens (including phenoxy) is 1. The summed E-state index contributed by atoms with van der Waals surface area (Å²) < 4.78 is 34.3. The molecule has 252 valence electrons. The number of amides is 1. The van der Waals surface area contributed by atoms with Crippen molar-refractivity contribution in [1.29, 1.82) is 0 Å². The van der Waals surface area contributed by atoms with Crippen LogP contribution in [0.15, 0.2) is 4.79 Å². The zero-order valence-electron chi connectivity index (χ0n) is 26.9. The lowest BCUT2D eigenvalue weighted by molar-refractivity contribution is -0.123. The Labute approximate surface area is 277 Å². The Hall–Kier alpha value is -1.18. The van der Waals surface area contributed by atoms with E-state index in [0.717, 1.165) is 81.4 Å². The molecule has 1 saturated carbocycles. The van der Waals surface area contributed by atoms with Gasteiger partial charge in [-0.1, -0.05) is 6.42 Å². The normalized spacial score (nSPS) is 35.9. The fraction of sp³-hybridized carbons (Fsp3) is 0.844. The number of halogens is 1. The minimum Gasteiger partial charge on any atom is -0.376 e. The topological polar surface area (TPSA) is 123 Å². The lowest BCUT2D eigenvalue weighted by Gasteiger charge is -2.47. The molecule has 0 bridgehead atoms. The first-order valence-electron chi connectivity index (χ1n) is 17.0. The molecule has 13 heteroatoms. The van der Waals surface area contributed by atoms with Gasteiger partial charge in [-0.05, 0) is 96.6 Å². The van der Waals surface area contributed by atoms with E-state index in [9.17, 15) is 18.0 Å². The Kier molecular flexibility index (Phi) is 10.6. The molecule has 5 aliphatic rings. The highest BCUT2D eigenvalue weighted by Crippen LogP contribution is 2.48. The predicted molar refractivity (Wildman–Crippen MR) is 178 cm³/mol. The van der Waals surface area contributed by atoms with Crippen molar-refractivity contribution in [1.82, 2.24) is 24.5 Å².